The topological polar surface area (TPSA) is 0 Å². The van der Waals surface area contributed by atoms with Gasteiger partial charge in [-0.3, -0.25) is 0 Å². The van der Waals surface area contributed by atoms with Crippen LogP contribution < -0.4 is 0 Å². The van der Waals surface area contributed by atoms with Gasteiger partial charge in [0.2, 0.25) is 0 Å². The molecule has 0 aliphatic rings. The van der Waals surface area contributed by atoms with Crippen LogP contribution in [0.2, 0.25) is 0 Å². The van der Waals surface area contributed by atoms with Crippen LogP contribution >= 0.6 is 0 Å². The van der Waals surface area contributed by atoms with Crippen LogP contribution in [0, 0.1) is 0 Å². The molecule has 0 heterocycles. The highest BCUT2D eigenvalue weighted by atomic mass is 19.4. The molecule has 0 bridgehead atoms. The molecule has 0 atom stereocenters. The fraction of sp³-hybridized carbons (Fsp3) is 1.00. The van der Waals surface area contributed by atoms with E-state index in [0.717, 1.165) is 0 Å². The Labute approximate surface area is 187 Å². The summed E-state index contributed by atoms with van der Waals surface area (Å²) in [6, 6.07) is 0. The minimum atomic E-state index is -9.35. The van der Waals surface area contributed by atoms with Crippen LogP contribution in [-0.2, 0) is 0 Å². The Kier molecular flexibility index (Phi) is 8.32. The highest BCUT2D eigenvalue weighted by Gasteiger charge is 2.98. The van der Waals surface area contributed by atoms with Gasteiger partial charge < -0.3 is 0 Å². The van der Waals surface area contributed by atoms with Crippen LogP contribution in [0.3, 0.4) is 0 Å². The zero-order valence-corrected chi connectivity index (χ0v) is 16.6. The van der Waals surface area contributed by atoms with Gasteiger partial charge in [-0.15, -0.1) is 0 Å². The van der Waals surface area contributed by atoms with Crippen LogP contribution in [0.15, 0.2) is 0 Å². The summed E-state index contributed by atoms with van der Waals surface area (Å²) in [5.74, 6) is -86.8. The molecule has 0 aromatic heterocycles. The first-order chi connectivity index (χ1) is 15.6. The largest absolute Gasteiger partial charge is 0.460 e. The molecule has 0 rings (SSSR count). The average Bonchev–Trinajstić information content (AvgIpc) is 2.65. The van der Waals surface area contributed by atoms with Crippen LogP contribution in [-0.4, -0.2) is 65.4 Å². The minimum absolute atomic E-state index is 0.433. The first kappa shape index (κ1) is 35.4. The minimum Gasteiger partial charge on any atom is -0.200 e. The van der Waals surface area contributed by atoms with E-state index in [-0.39, 0.29) is 0 Å². The molecular weight excluding hydrogens is 605 g/mol. The van der Waals surface area contributed by atoms with Crippen molar-refractivity contribution in [3.8, 4) is 0 Å². The second kappa shape index (κ2) is 8.70. The van der Waals surface area contributed by atoms with E-state index in [0.29, 0.717) is 6.92 Å². The third-order valence-corrected chi connectivity index (χ3v) is 4.53. The van der Waals surface area contributed by atoms with Crippen LogP contribution in [0.4, 0.5) is 101 Å². The van der Waals surface area contributed by atoms with Crippen molar-refractivity contribution in [2.45, 2.75) is 85.2 Å². The zero-order valence-electron chi connectivity index (χ0n) is 16.6. The van der Waals surface area contributed by atoms with Crippen LogP contribution in [0.25, 0.3) is 0 Å². The maximum atomic E-state index is 13.5. The van der Waals surface area contributed by atoms with Crippen molar-refractivity contribution in [2.24, 2.45) is 0 Å². The monoisotopic (exact) mass is 612 g/mol. The van der Waals surface area contributed by atoms with E-state index >= 15 is 0 Å². The van der Waals surface area contributed by atoms with E-state index in [1.807, 2.05) is 0 Å². The SMILES string of the molecule is CCCC(F)(F)C(F)(F)C(F)(F)C(F)(F)C(F)(F)C(F)(F)C(F)(F)C(F)(F)C(F)(F)C(F)(F)C(F)(F)F. The standard InChI is InChI=1S/C14H7F23/c1-2-3-4(15,16)5(17,18)6(19,20)7(21,22)8(23,24)9(25,26)10(27,28)11(29,30)12(31,32)13(33,34)14(35,36)37/h2-3H2,1H3. The molecular formula is C14H7F23. The predicted molar refractivity (Wildman–Crippen MR) is 70.4 cm³/mol. The lowest BCUT2D eigenvalue weighted by Crippen LogP contribution is -2.77. The van der Waals surface area contributed by atoms with E-state index in [2.05, 4.69) is 0 Å². The lowest BCUT2D eigenvalue weighted by Gasteiger charge is -2.45. The molecule has 0 amide bonds. The number of hydrogen-bond donors (Lipinski definition) is 0. The van der Waals surface area contributed by atoms with E-state index < -0.39 is 78.2 Å². The molecule has 0 spiro atoms. The highest BCUT2D eigenvalue weighted by Crippen LogP contribution is 2.67. The molecule has 0 aliphatic carbocycles. The van der Waals surface area contributed by atoms with Crippen molar-refractivity contribution in [3.05, 3.63) is 0 Å². The lowest BCUT2D eigenvalue weighted by atomic mass is 9.85. The second-order valence-corrected chi connectivity index (χ2v) is 7.12. The fourth-order valence-corrected chi connectivity index (χ4v) is 2.26. The molecule has 0 unspecified atom stereocenters. The Hall–Kier alpha value is -1.61. The predicted octanol–water partition coefficient (Wildman–Crippen LogP) is 8.70. The molecule has 0 aromatic carbocycles. The second-order valence-electron chi connectivity index (χ2n) is 7.12. The van der Waals surface area contributed by atoms with Crippen LogP contribution in [0.5, 0.6) is 0 Å². The summed E-state index contributed by atoms with van der Waals surface area (Å²) in [7, 11) is 0. The Balaban J connectivity index is 7.17. The van der Waals surface area contributed by atoms with Crippen molar-refractivity contribution in [3.63, 3.8) is 0 Å². The van der Waals surface area contributed by atoms with Gasteiger partial charge in [-0.1, -0.05) is 13.3 Å². The summed E-state index contributed by atoms with van der Waals surface area (Å²) < 4.78 is 301. The average molecular weight is 612 g/mol. The van der Waals surface area contributed by atoms with Gasteiger partial charge in [0, 0.05) is 6.42 Å². The molecule has 0 nitrogen and oxygen atoms in total. The van der Waals surface area contributed by atoms with Crippen molar-refractivity contribution in [1.29, 1.82) is 0 Å². The van der Waals surface area contributed by atoms with Crippen molar-refractivity contribution in [2.75, 3.05) is 0 Å². The molecule has 0 N–H and O–H groups in total. The summed E-state index contributed by atoms with van der Waals surface area (Å²) in [4.78, 5) is 0. The van der Waals surface area contributed by atoms with Gasteiger partial charge >= 0.3 is 65.4 Å². The molecule has 0 fully saturated rings. The maximum Gasteiger partial charge on any atom is 0.460 e. The lowest BCUT2D eigenvalue weighted by molar-refractivity contribution is -0.478. The Morgan fingerprint density at radius 3 is 0.676 bits per heavy atom. The molecule has 224 valence electrons. The van der Waals surface area contributed by atoms with Crippen molar-refractivity contribution >= 4 is 0 Å². The first-order valence-corrected chi connectivity index (χ1v) is 8.41. The van der Waals surface area contributed by atoms with Gasteiger partial charge in [-0.25, -0.2) is 0 Å². The number of halogens is 23. The summed E-state index contributed by atoms with van der Waals surface area (Å²) in [5.41, 5.74) is 0. The summed E-state index contributed by atoms with van der Waals surface area (Å²) >= 11 is 0. The van der Waals surface area contributed by atoms with E-state index in [1.54, 1.807) is 0 Å². The number of rotatable bonds is 11. The first-order valence-electron chi connectivity index (χ1n) is 8.41. The van der Waals surface area contributed by atoms with Crippen LogP contribution in [0.1, 0.15) is 19.8 Å². The zero-order chi connectivity index (χ0) is 30.9. The van der Waals surface area contributed by atoms with Gasteiger partial charge in [-0.05, 0) is 0 Å². The van der Waals surface area contributed by atoms with Gasteiger partial charge in [0.15, 0.2) is 0 Å². The highest BCUT2D eigenvalue weighted by molar-refractivity contribution is 5.18. The molecule has 0 aromatic rings. The van der Waals surface area contributed by atoms with Crippen molar-refractivity contribution < 1.29 is 101 Å². The third-order valence-electron chi connectivity index (χ3n) is 4.53. The number of alkyl halides is 23. The molecule has 0 aliphatic heterocycles. The quantitative estimate of drug-likeness (QED) is 0.205. The van der Waals surface area contributed by atoms with Gasteiger partial charge in [0.05, 0.1) is 0 Å². The third kappa shape index (κ3) is 4.23. The van der Waals surface area contributed by atoms with Gasteiger partial charge in [0.25, 0.3) is 0 Å². The van der Waals surface area contributed by atoms with E-state index in [1.165, 1.54) is 0 Å². The van der Waals surface area contributed by atoms with Gasteiger partial charge in [-0.2, -0.15) is 101 Å². The van der Waals surface area contributed by atoms with Crippen molar-refractivity contribution in [1.82, 2.24) is 0 Å². The summed E-state index contributed by atoms with van der Waals surface area (Å²) in [6.07, 6.45) is -12.1. The number of hydrogen-bond acceptors (Lipinski definition) is 0. The van der Waals surface area contributed by atoms with E-state index in [4.69, 9.17) is 0 Å². The smallest absolute Gasteiger partial charge is 0.200 e. The molecule has 0 radical (unpaired) electrons. The Bertz CT molecular complexity index is 814. The fourth-order valence-electron chi connectivity index (χ4n) is 2.26. The Morgan fingerprint density at radius 1 is 0.297 bits per heavy atom. The molecule has 0 saturated heterocycles. The summed E-state index contributed by atoms with van der Waals surface area (Å²) in [6.45, 7) is 0.433. The maximum absolute atomic E-state index is 13.5. The molecule has 23 heteroatoms. The Morgan fingerprint density at radius 2 is 0.486 bits per heavy atom. The van der Waals surface area contributed by atoms with Gasteiger partial charge in [0.1, 0.15) is 0 Å². The molecule has 0 saturated carbocycles. The summed E-state index contributed by atoms with van der Waals surface area (Å²) in [5, 5.41) is 0. The normalized spacial score (nSPS) is 16.9. The van der Waals surface area contributed by atoms with E-state index in [9.17, 15) is 101 Å². The molecule has 37 heavy (non-hydrogen) atoms.